The van der Waals surface area contributed by atoms with Crippen LogP contribution in [-0.2, 0) is 0 Å². The zero-order valence-electron chi connectivity index (χ0n) is 9.11. The summed E-state index contributed by atoms with van der Waals surface area (Å²) in [7, 11) is 0. The van der Waals surface area contributed by atoms with E-state index >= 15 is 0 Å². The summed E-state index contributed by atoms with van der Waals surface area (Å²) in [4.78, 5) is 2.16. The van der Waals surface area contributed by atoms with E-state index < -0.39 is 55.1 Å². The number of aliphatic hydroxyl groups excluding tert-OH is 1. The molecule has 10 heteroatoms. The van der Waals surface area contributed by atoms with Crippen LogP contribution in [0.5, 0.6) is 0 Å². The van der Waals surface area contributed by atoms with Gasteiger partial charge in [-0.25, -0.2) is 0 Å². The van der Waals surface area contributed by atoms with Crippen LogP contribution in [0.15, 0.2) is 0 Å². The Morgan fingerprint density at radius 3 is 1.84 bits per heavy atom. The second-order valence-electron chi connectivity index (χ2n) is 3.43. The van der Waals surface area contributed by atoms with E-state index in [9.17, 15) is 30.7 Å². The van der Waals surface area contributed by atoms with Gasteiger partial charge in [0.15, 0.2) is 0 Å². The first-order valence-corrected chi connectivity index (χ1v) is 4.80. The smallest absolute Gasteiger partial charge is 0.395 e. The monoisotopic (exact) mass is 292 g/mol. The molecule has 0 aliphatic heterocycles. The quantitative estimate of drug-likeness (QED) is 0.681. The minimum atomic E-state index is -4.88. The number of aliphatic hydroxyl groups is 1. The fourth-order valence-electron chi connectivity index (χ4n) is 1.36. The number of nitrogens with zero attached hydrogens (tertiary/aromatic N) is 2. The SMILES string of the molecule is OCCN(CC(F)(F)F)c1c(F)c(F)nc(F)c1F. The molecule has 0 unspecified atom stereocenters. The molecule has 1 aromatic heterocycles. The average molecular weight is 292 g/mol. The van der Waals surface area contributed by atoms with Crippen molar-refractivity contribution in [3.8, 4) is 0 Å². The largest absolute Gasteiger partial charge is 0.405 e. The molecule has 1 aromatic rings. The van der Waals surface area contributed by atoms with Gasteiger partial charge in [-0.2, -0.15) is 35.7 Å². The van der Waals surface area contributed by atoms with Gasteiger partial charge in [-0.3, -0.25) is 0 Å². The van der Waals surface area contributed by atoms with Crippen molar-refractivity contribution < 1.29 is 35.8 Å². The molecule has 0 aromatic carbocycles. The molecular weight excluding hydrogens is 285 g/mol. The van der Waals surface area contributed by atoms with Crippen LogP contribution in [0.1, 0.15) is 0 Å². The number of hydrogen-bond donors (Lipinski definition) is 1. The van der Waals surface area contributed by atoms with Gasteiger partial charge in [0.2, 0.25) is 11.6 Å². The first kappa shape index (κ1) is 15.5. The minimum Gasteiger partial charge on any atom is -0.395 e. The van der Waals surface area contributed by atoms with Crippen molar-refractivity contribution in [3.05, 3.63) is 23.5 Å². The summed E-state index contributed by atoms with van der Waals surface area (Å²) in [5.74, 6) is -8.26. The Hall–Kier alpha value is -1.58. The Kier molecular flexibility index (Phi) is 4.56. The van der Waals surface area contributed by atoms with Gasteiger partial charge in [0, 0.05) is 6.54 Å². The summed E-state index contributed by atoms with van der Waals surface area (Å²) in [5.41, 5.74) is -1.56. The number of aromatic nitrogens is 1. The van der Waals surface area contributed by atoms with Gasteiger partial charge in [0.05, 0.1) is 6.61 Å². The molecular formula is C9H7F7N2O. The molecule has 0 aliphatic carbocycles. The fourth-order valence-corrected chi connectivity index (χ4v) is 1.36. The van der Waals surface area contributed by atoms with Crippen molar-refractivity contribution in [3.63, 3.8) is 0 Å². The predicted octanol–water partition coefficient (Wildman–Crippen LogP) is 2.00. The number of halogens is 7. The third-order valence-electron chi connectivity index (χ3n) is 2.03. The first-order chi connectivity index (χ1) is 8.67. The second kappa shape index (κ2) is 5.59. The zero-order valence-corrected chi connectivity index (χ0v) is 9.11. The van der Waals surface area contributed by atoms with E-state index in [1.165, 1.54) is 0 Å². The summed E-state index contributed by atoms with van der Waals surface area (Å²) >= 11 is 0. The molecule has 0 bridgehead atoms. The Bertz CT molecular complexity index is 437. The van der Waals surface area contributed by atoms with Crippen molar-refractivity contribution in [1.82, 2.24) is 4.98 Å². The maximum atomic E-state index is 13.3. The molecule has 0 saturated carbocycles. The van der Waals surface area contributed by atoms with E-state index in [1.54, 1.807) is 0 Å². The lowest BCUT2D eigenvalue weighted by Crippen LogP contribution is -2.38. The molecule has 108 valence electrons. The van der Waals surface area contributed by atoms with E-state index in [-0.39, 0.29) is 4.90 Å². The van der Waals surface area contributed by atoms with E-state index in [1.807, 2.05) is 0 Å². The van der Waals surface area contributed by atoms with Crippen LogP contribution in [0.2, 0.25) is 0 Å². The van der Waals surface area contributed by atoms with Crippen molar-refractivity contribution in [2.45, 2.75) is 6.18 Å². The van der Waals surface area contributed by atoms with Crippen molar-refractivity contribution in [2.75, 3.05) is 24.6 Å². The molecule has 0 aliphatic rings. The van der Waals surface area contributed by atoms with Gasteiger partial charge in [0.25, 0.3) is 11.9 Å². The highest BCUT2D eigenvalue weighted by molar-refractivity contribution is 5.48. The van der Waals surface area contributed by atoms with Crippen LogP contribution in [0.3, 0.4) is 0 Å². The summed E-state index contributed by atoms with van der Waals surface area (Å²) in [6.45, 7) is -3.65. The van der Waals surface area contributed by atoms with Gasteiger partial charge in [-0.15, -0.1) is 0 Å². The highest BCUT2D eigenvalue weighted by Crippen LogP contribution is 2.28. The van der Waals surface area contributed by atoms with E-state index in [0.29, 0.717) is 0 Å². The zero-order chi connectivity index (χ0) is 14.8. The fraction of sp³-hybridized carbons (Fsp3) is 0.444. The van der Waals surface area contributed by atoms with E-state index in [4.69, 9.17) is 5.11 Å². The molecule has 0 amide bonds. The van der Waals surface area contributed by atoms with Crippen LogP contribution in [-0.4, -0.2) is 36.0 Å². The Morgan fingerprint density at radius 1 is 1.00 bits per heavy atom. The van der Waals surface area contributed by atoms with Gasteiger partial charge in [0.1, 0.15) is 12.2 Å². The van der Waals surface area contributed by atoms with E-state index in [0.717, 1.165) is 0 Å². The Labute approximate surface area is 102 Å². The number of hydrogen-bond acceptors (Lipinski definition) is 3. The van der Waals surface area contributed by atoms with Crippen LogP contribution < -0.4 is 4.90 Å². The molecule has 0 spiro atoms. The number of pyridine rings is 1. The number of alkyl halides is 3. The summed E-state index contributed by atoms with van der Waals surface area (Å²) in [5, 5.41) is 8.56. The van der Waals surface area contributed by atoms with Gasteiger partial charge in [-0.05, 0) is 0 Å². The van der Waals surface area contributed by atoms with E-state index in [2.05, 4.69) is 4.98 Å². The number of rotatable bonds is 4. The van der Waals surface area contributed by atoms with Crippen molar-refractivity contribution >= 4 is 5.69 Å². The molecule has 19 heavy (non-hydrogen) atoms. The molecule has 1 N–H and O–H groups in total. The van der Waals surface area contributed by atoms with Crippen LogP contribution in [0, 0.1) is 23.5 Å². The average Bonchev–Trinajstić information content (AvgIpc) is 2.25. The lowest BCUT2D eigenvalue weighted by molar-refractivity contribution is -0.120. The second-order valence-corrected chi connectivity index (χ2v) is 3.43. The maximum absolute atomic E-state index is 13.3. The molecule has 0 radical (unpaired) electrons. The Balaban J connectivity index is 3.29. The normalized spacial score (nSPS) is 11.8. The number of anilines is 1. The first-order valence-electron chi connectivity index (χ1n) is 4.80. The van der Waals surface area contributed by atoms with Crippen molar-refractivity contribution in [2.24, 2.45) is 0 Å². The third-order valence-corrected chi connectivity index (χ3v) is 2.03. The standard InChI is InChI=1S/C9H7F7N2O/c10-4-6(5(11)8(13)17-7(4)12)18(1-2-19)3-9(14,15)16/h19H,1-3H2. The minimum absolute atomic E-state index is 0.0570. The van der Waals surface area contributed by atoms with Gasteiger partial charge < -0.3 is 10.0 Å². The van der Waals surface area contributed by atoms with Crippen molar-refractivity contribution in [1.29, 1.82) is 0 Å². The topological polar surface area (TPSA) is 36.4 Å². The summed E-state index contributed by atoms with van der Waals surface area (Å²) in [6.07, 6.45) is -4.88. The maximum Gasteiger partial charge on any atom is 0.405 e. The van der Waals surface area contributed by atoms with Gasteiger partial charge in [-0.1, -0.05) is 0 Å². The predicted molar refractivity (Wildman–Crippen MR) is 49.4 cm³/mol. The molecule has 0 fully saturated rings. The van der Waals surface area contributed by atoms with Crippen LogP contribution in [0.4, 0.5) is 36.4 Å². The summed E-state index contributed by atoms with van der Waals surface area (Å²) in [6, 6.07) is 0. The molecule has 3 nitrogen and oxygen atoms in total. The van der Waals surface area contributed by atoms with Crippen LogP contribution in [0.25, 0.3) is 0 Å². The van der Waals surface area contributed by atoms with Gasteiger partial charge >= 0.3 is 6.18 Å². The lowest BCUT2D eigenvalue weighted by atomic mass is 10.3. The molecule has 1 heterocycles. The highest BCUT2D eigenvalue weighted by Gasteiger charge is 2.34. The highest BCUT2D eigenvalue weighted by atomic mass is 19.4. The molecule has 0 saturated heterocycles. The third kappa shape index (κ3) is 3.69. The molecule has 1 rings (SSSR count). The van der Waals surface area contributed by atoms with Crippen LogP contribution >= 0.6 is 0 Å². The lowest BCUT2D eigenvalue weighted by Gasteiger charge is -2.25. The molecule has 0 atom stereocenters. The summed E-state index contributed by atoms with van der Waals surface area (Å²) < 4.78 is 88.7. The Morgan fingerprint density at radius 2 is 1.47 bits per heavy atom.